The van der Waals surface area contributed by atoms with E-state index in [1.165, 1.54) is 0 Å². The third-order valence-corrected chi connectivity index (χ3v) is 3.98. The Morgan fingerprint density at radius 1 is 1.20 bits per heavy atom. The summed E-state index contributed by atoms with van der Waals surface area (Å²) in [5.74, 6) is 0.966. The van der Waals surface area contributed by atoms with Crippen LogP contribution in [-0.2, 0) is 6.54 Å². The number of rotatable bonds is 3. The molecule has 0 amide bonds. The molecule has 3 rings (SSSR count). The lowest BCUT2D eigenvalue weighted by molar-refractivity contribution is 0.228. The number of aromatic amines is 1. The summed E-state index contributed by atoms with van der Waals surface area (Å²) in [5, 5.41) is 4.61. The highest BCUT2D eigenvalue weighted by Gasteiger charge is 2.13. The molecule has 1 fully saturated rings. The molecule has 4 nitrogen and oxygen atoms in total. The van der Waals surface area contributed by atoms with Gasteiger partial charge in [0.15, 0.2) is 0 Å². The van der Waals surface area contributed by atoms with E-state index in [-0.39, 0.29) is 0 Å². The quantitative estimate of drug-likeness (QED) is 0.916. The number of nitrogens with one attached hydrogen (secondary N) is 2. The maximum Gasteiger partial charge on any atom is 0.120 e. The van der Waals surface area contributed by atoms with Gasteiger partial charge in [-0.15, -0.1) is 0 Å². The lowest BCUT2D eigenvalue weighted by Gasteiger charge is -2.26. The van der Waals surface area contributed by atoms with Crippen LogP contribution in [-0.4, -0.2) is 41.0 Å². The monoisotopic (exact) mass is 310 g/mol. The van der Waals surface area contributed by atoms with Gasteiger partial charge < -0.3 is 10.3 Å². The van der Waals surface area contributed by atoms with Crippen molar-refractivity contribution >= 4 is 23.2 Å². The van der Waals surface area contributed by atoms with Gasteiger partial charge in [0.25, 0.3) is 0 Å². The standard InChI is InChI=1S/C14H16Cl2N4/c15-10-1-2-11(12(16)7-10)13-8-18-14(19-13)9-20-5-3-17-4-6-20/h1-2,7-8,17H,3-6,9H2,(H,18,19). The van der Waals surface area contributed by atoms with E-state index in [2.05, 4.69) is 20.2 Å². The van der Waals surface area contributed by atoms with Crippen LogP contribution >= 0.6 is 23.2 Å². The van der Waals surface area contributed by atoms with Gasteiger partial charge in [-0.2, -0.15) is 0 Å². The minimum atomic E-state index is 0.634. The van der Waals surface area contributed by atoms with Gasteiger partial charge in [0.2, 0.25) is 0 Å². The number of nitrogens with zero attached hydrogens (tertiary/aromatic N) is 2. The van der Waals surface area contributed by atoms with Gasteiger partial charge in [0.1, 0.15) is 5.82 Å². The minimum Gasteiger partial charge on any atom is -0.341 e. The van der Waals surface area contributed by atoms with Gasteiger partial charge in [-0.25, -0.2) is 4.98 Å². The van der Waals surface area contributed by atoms with Gasteiger partial charge in [0.05, 0.1) is 23.5 Å². The van der Waals surface area contributed by atoms with Crippen molar-refractivity contribution in [3.8, 4) is 11.3 Å². The fraction of sp³-hybridized carbons (Fsp3) is 0.357. The van der Waals surface area contributed by atoms with Crippen LogP contribution in [0, 0.1) is 0 Å². The van der Waals surface area contributed by atoms with Crippen molar-refractivity contribution in [1.82, 2.24) is 20.2 Å². The molecule has 1 aliphatic heterocycles. The fourth-order valence-electron chi connectivity index (χ4n) is 2.37. The van der Waals surface area contributed by atoms with Crippen molar-refractivity contribution in [3.63, 3.8) is 0 Å². The Bertz CT molecular complexity index is 591. The van der Waals surface area contributed by atoms with Crippen molar-refractivity contribution in [2.24, 2.45) is 0 Å². The number of aromatic nitrogens is 2. The van der Waals surface area contributed by atoms with Crippen LogP contribution < -0.4 is 5.32 Å². The molecule has 0 atom stereocenters. The second kappa shape index (κ2) is 6.14. The van der Waals surface area contributed by atoms with Crippen molar-refractivity contribution in [2.45, 2.75) is 6.54 Å². The number of imidazole rings is 1. The Labute approximate surface area is 128 Å². The maximum absolute atomic E-state index is 6.21. The predicted octanol–water partition coefficient (Wildman–Crippen LogP) is 2.79. The molecule has 1 aromatic carbocycles. The van der Waals surface area contributed by atoms with Crippen molar-refractivity contribution < 1.29 is 0 Å². The first kappa shape index (κ1) is 13.9. The minimum absolute atomic E-state index is 0.634. The molecule has 1 aromatic heterocycles. The summed E-state index contributed by atoms with van der Waals surface area (Å²) >= 11 is 12.1. The third-order valence-electron chi connectivity index (χ3n) is 3.43. The lowest BCUT2D eigenvalue weighted by Crippen LogP contribution is -2.43. The number of piperazine rings is 1. The molecule has 2 aromatic rings. The molecule has 20 heavy (non-hydrogen) atoms. The zero-order valence-electron chi connectivity index (χ0n) is 11.0. The maximum atomic E-state index is 6.21. The smallest absolute Gasteiger partial charge is 0.120 e. The van der Waals surface area contributed by atoms with Gasteiger partial charge in [-0.05, 0) is 18.2 Å². The zero-order valence-corrected chi connectivity index (χ0v) is 12.5. The average molecular weight is 311 g/mol. The Balaban J connectivity index is 1.75. The van der Waals surface area contributed by atoms with Crippen LogP contribution in [0.2, 0.25) is 10.0 Å². The average Bonchev–Trinajstić information content (AvgIpc) is 2.88. The van der Waals surface area contributed by atoms with Crippen molar-refractivity contribution in [3.05, 3.63) is 40.3 Å². The highest BCUT2D eigenvalue weighted by atomic mass is 35.5. The van der Waals surface area contributed by atoms with E-state index in [1.54, 1.807) is 6.07 Å². The molecule has 0 unspecified atom stereocenters. The van der Waals surface area contributed by atoms with Crippen LogP contribution in [0.3, 0.4) is 0 Å². The van der Waals surface area contributed by atoms with Crippen LogP contribution in [0.25, 0.3) is 11.3 Å². The van der Waals surface area contributed by atoms with E-state index in [4.69, 9.17) is 23.2 Å². The second-order valence-corrected chi connectivity index (χ2v) is 5.74. The van der Waals surface area contributed by atoms with Gasteiger partial charge in [-0.1, -0.05) is 23.2 Å². The molecule has 0 aliphatic carbocycles. The first-order chi connectivity index (χ1) is 9.72. The number of H-pyrrole nitrogens is 1. The van der Waals surface area contributed by atoms with E-state index in [9.17, 15) is 0 Å². The van der Waals surface area contributed by atoms with E-state index in [1.807, 2.05) is 18.3 Å². The lowest BCUT2D eigenvalue weighted by atomic mass is 10.2. The van der Waals surface area contributed by atoms with Crippen LogP contribution in [0.15, 0.2) is 24.4 Å². The Kier molecular flexibility index (Phi) is 4.27. The molecule has 106 valence electrons. The van der Waals surface area contributed by atoms with E-state index in [0.29, 0.717) is 10.0 Å². The zero-order chi connectivity index (χ0) is 13.9. The van der Waals surface area contributed by atoms with E-state index >= 15 is 0 Å². The summed E-state index contributed by atoms with van der Waals surface area (Å²) in [7, 11) is 0. The second-order valence-electron chi connectivity index (χ2n) is 4.89. The molecule has 1 aliphatic rings. The first-order valence-electron chi connectivity index (χ1n) is 6.65. The molecule has 2 heterocycles. The SMILES string of the molecule is Clc1ccc(-c2cnc(CN3CCNCC3)[nH]2)c(Cl)c1. The topological polar surface area (TPSA) is 44.0 Å². The summed E-state index contributed by atoms with van der Waals surface area (Å²) < 4.78 is 0. The summed E-state index contributed by atoms with van der Waals surface area (Å²) in [6.07, 6.45) is 1.83. The Morgan fingerprint density at radius 3 is 2.75 bits per heavy atom. The molecule has 0 radical (unpaired) electrons. The normalized spacial score (nSPS) is 16.5. The number of hydrogen-bond donors (Lipinski definition) is 2. The molecule has 0 spiro atoms. The summed E-state index contributed by atoms with van der Waals surface area (Å²) in [6, 6.07) is 5.49. The Hall–Kier alpha value is -1.07. The Morgan fingerprint density at radius 2 is 2.00 bits per heavy atom. The number of hydrogen-bond acceptors (Lipinski definition) is 3. The first-order valence-corrected chi connectivity index (χ1v) is 7.40. The van der Waals surface area contributed by atoms with Gasteiger partial charge >= 0.3 is 0 Å². The third kappa shape index (κ3) is 3.15. The van der Waals surface area contributed by atoms with Gasteiger partial charge in [0, 0.05) is 36.8 Å². The van der Waals surface area contributed by atoms with Crippen LogP contribution in [0.1, 0.15) is 5.82 Å². The molecule has 0 bridgehead atoms. The summed E-state index contributed by atoms with van der Waals surface area (Å²) in [6.45, 7) is 5.02. The summed E-state index contributed by atoms with van der Waals surface area (Å²) in [5.41, 5.74) is 1.85. The fourth-order valence-corrected chi connectivity index (χ4v) is 2.88. The number of halogens is 2. The largest absolute Gasteiger partial charge is 0.341 e. The molecular formula is C14H16Cl2N4. The highest BCUT2D eigenvalue weighted by molar-refractivity contribution is 6.36. The van der Waals surface area contributed by atoms with Crippen molar-refractivity contribution in [1.29, 1.82) is 0 Å². The van der Waals surface area contributed by atoms with E-state index in [0.717, 1.165) is 49.8 Å². The van der Waals surface area contributed by atoms with Gasteiger partial charge in [-0.3, -0.25) is 4.90 Å². The van der Waals surface area contributed by atoms with Crippen LogP contribution in [0.4, 0.5) is 0 Å². The molecule has 6 heteroatoms. The number of benzene rings is 1. The van der Waals surface area contributed by atoms with Crippen molar-refractivity contribution in [2.75, 3.05) is 26.2 Å². The predicted molar refractivity (Wildman–Crippen MR) is 82.2 cm³/mol. The van der Waals surface area contributed by atoms with E-state index < -0.39 is 0 Å². The molecule has 2 N–H and O–H groups in total. The van der Waals surface area contributed by atoms with Crippen LogP contribution in [0.5, 0.6) is 0 Å². The molecular weight excluding hydrogens is 295 g/mol. The highest BCUT2D eigenvalue weighted by Crippen LogP contribution is 2.29. The summed E-state index contributed by atoms with van der Waals surface area (Å²) in [4.78, 5) is 10.2. The molecule has 0 saturated carbocycles. The molecule has 1 saturated heterocycles.